The van der Waals surface area contributed by atoms with Crippen molar-refractivity contribution in [3.63, 3.8) is 0 Å². The summed E-state index contributed by atoms with van der Waals surface area (Å²) in [5.74, 6) is 1.29. The maximum atomic E-state index is 11.0. The molecule has 24 heavy (non-hydrogen) atoms. The normalized spacial score (nSPS) is 19.7. The summed E-state index contributed by atoms with van der Waals surface area (Å²) in [6, 6.07) is 8.02. The molecule has 0 aromatic heterocycles. The zero-order chi connectivity index (χ0) is 17.4. The Bertz CT molecular complexity index is 504. The van der Waals surface area contributed by atoms with E-state index in [1.165, 1.54) is 5.56 Å². The quantitative estimate of drug-likeness (QED) is 0.761. The number of nitrogens with one attached hydrogen (secondary N) is 1. The van der Waals surface area contributed by atoms with Crippen molar-refractivity contribution in [1.82, 2.24) is 10.2 Å². The number of carbonyl (C=O) groups excluding carboxylic acids is 1. The predicted molar refractivity (Wildman–Crippen MR) is 95.2 cm³/mol. The topological polar surface area (TPSA) is 61.8 Å². The molecule has 0 aliphatic carbocycles. The summed E-state index contributed by atoms with van der Waals surface area (Å²) >= 11 is 0. The van der Waals surface area contributed by atoms with E-state index in [0.717, 1.165) is 44.6 Å². The number of aliphatic hydroxyl groups excluding tert-OH is 1. The summed E-state index contributed by atoms with van der Waals surface area (Å²) in [5.41, 5.74) is 1.28. The zero-order valence-corrected chi connectivity index (χ0v) is 14.8. The molecule has 2 rings (SSSR count). The van der Waals surface area contributed by atoms with Gasteiger partial charge in [-0.3, -0.25) is 4.79 Å². The molecule has 0 bridgehead atoms. The number of aryl methyl sites for hydroxylation is 1. The van der Waals surface area contributed by atoms with Crippen molar-refractivity contribution in [1.29, 1.82) is 0 Å². The average Bonchev–Trinajstić information content (AvgIpc) is 2.59. The van der Waals surface area contributed by atoms with Crippen molar-refractivity contribution in [3.8, 4) is 5.75 Å². The van der Waals surface area contributed by atoms with Crippen LogP contribution in [-0.2, 0) is 11.2 Å². The Hall–Kier alpha value is -1.59. The average molecular weight is 334 g/mol. The molecule has 0 radical (unpaired) electrons. The van der Waals surface area contributed by atoms with Gasteiger partial charge in [-0.2, -0.15) is 0 Å². The van der Waals surface area contributed by atoms with E-state index in [1.54, 1.807) is 6.92 Å². The third kappa shape index (κ3) is 6.49. The minimum absolute atomic E-state index is 0.0228. The second kappa shape index (κ2) is 9.64. The standard InChI is InChI=1S/C19H30N2O3/c1-3-16-6-8-19(9-7-16)24-14-18(23)13-21-10-4-5-17(12-21)11-20-15(2)22/h6-9,17-18,23H,3-5,10-14H2,1-2H3,(H,20,22). The van der Waals surface area contributed by atoms with Gasteiger partial charge in [-0.15, -0.1) is 0 Å². The highest BCUT2D eigenvalue weighted by molar-refractivity contribution is 5.72. The summed E-state index contributed by atoms with van der Waals surface area (Å²) in [7, 11) is 0. The fourth-order valence-electron chi connectivity index (χ4n) is 3.14. The highest BCUT2D eigenvalue weighted by atomic mass is 16.5. The highest BCUT2D eigenvalue weighted by Gasteiger charge is 2.22. The van der Waals surface area contributed by atoms with Crippen molar-refractivity contribution in [2.45, 2.75) is 39.2 Å². The SMILES string of the molecule is CCc1ccc(OCC(O)CN2CCCC(CNC(C)=O)C2)cc1. The molecule has 134 valence electrons. The first-order valence-electron chi connectivity index (χ1n) is 8.93. The van der Waals surface area contributed by atoms with Crippen LogP contribution in [0.3, 0.4) is 0 Å². The second-order valence-electron chi connectivity index (χ2n) is 6.67. The lowest BCUT2D eigenvalue weighted by Crippen LogP contribution is -2.44. The number of rotatable bonds is 8. The molecule has 1 aromatic rings. The summed E-state index contributed by atoms with van der Waals surface area (Å²) < 4.78 is 5.68. The molecule has 0 saturated carbocycles. The van der Waals surface area contributed by atoms with E-state index in [1.807, 2.05) is 12.1 Å². The monoisotopic (exact) mass is 334 g/mol. The minimum atomic E-state index is -0.504. The molecular formula is C19H30N2O3. The van der Waals surface area contributed by atoms with Gasteiger partial charge in [0.15, 0.2) is 0 Å². The first-order valence-corrected chi connectivity index (χ1v) is 8.93. The van der Waals surface area contributed by atoms with E-state index < -0.39 is 6.10 Å². The van der Waals surface area contributed by atoms with Crippen molar-refractivity contribution in [3.05, 3.63) is 29.8 Å². The van der Waals surface area contributed by atoms with Crippen LogP contribution < -0.4 is 10.1 Å². The van der Waals surface area contributed by atoms with Crippen molar-refractivity contribution >= 4 is 5.91 Å². The Morgan fingerprint density at radius 2 is 2.17 bits per heavy atom. The number of nitrogens with zero attached hydrogens (tertiary/aromatic N) is 1. The lowest BCUT2D eigenvalue weighted by Gasteiger charge is -2.33. The molecule has 1 aromatic carbocycles. The van der Waals surface area contributed by atoms with E-state index in [2.05, 4.69) is 29.3 Å². The fourth-order valence-corrected chi connectivity index (χ4v) is 3.14. The molecule has 5 nitrogen and oxygen atoms in total. The van der Waals surface area contributed by atoms with Gasteiger partial charge in [0.2, 0.25) is 5.91 Å². The number of piperidine rings is 1. The van der Waals surface area contributed by atoms with E-state index in [-0.39, 0.29) is 5.91 Å². The maximum absolute atomic E-state index is 11.0. The summed E-state index contributed by atoms with van der Waals surface area (Å²) in [6.07, 6.45) is 2.75. The number of hydrogen-bond acceptors (Lipinski definition) is 4. The van der Waals surface area contributed by atoms with Crippen LogP contribution in [0.2, 0.25) is 0 Å². The molecule has 0 spiro atoms. The highest BCUT2D eigenvalue weighted by Crippen LogP contribution is 2.17. The lowest BCUT2D eigenvalue weighted by atomic mass is 9.97. The first kappa shape index (κ1) is 18.7. The Kier molecular flexibility index (Phi) is 7.53. The van der Waals surface area contributed by atoms with Crippen LogP contribution in [0, 0.1) is 5.92 Å². The van der Waals surface area contributed by atoms with Crippen LogP contribution in [0.4, 0.5) is 0 Å². The first-order chi connectivity index (χ1) is 11.6. The van der Waals surface area contributed by atoms with Gasteiger partial charge in [-0.25, -0.2) is 0 Å². The Balaban J connectivity index is 1.70. The van der Waals surface area contributed by atoms with Gasteiger partial charge in [0.1, 0.15) is 18.5 Å². The fraction of sp³-hybridized carbons (Fsp3) is 0.632. The smallest absolute Gasteiger partial charge is 0.216 e. The Labute approximate surface area is 145 Å². The molecule has 5 heteroatoms. The predicted octanol–water partition coefficient (Wildman–Crippen LogP) is 1.84. The van der Waals surface area contributed by atoms with Crippen molar-refractivity contribution < 1.29 is 14.6 Å². The van der Waals surface area contributed by atoms with E-state index in [9.17, 15) is 9.90 Å². The van der Waals surface area contributed by atoms with Gasteiger partial charge in [-0.1, -0.05) is 19.1 Å². The van der Waals surface area contributed by atoms with Gasteiger partial charge in [-0.05, 0) is 49.4 Å². The number of hydrogen-bond donors (Lipinski definition) is 2. The minimum Gasteiger partial charge on any atom is -0.491 e. The van der Waals surface area contributed by atoms with Crippen LogP contribution in [0.5, 0.6) is 5.75 Å². The number of carbonyl (C=O) groups is 1. The van der Waals surface area contributed by atoms with Crippen LogP contribution in [0.25, 0.3) is 0 Å². The summed E-state index contributed by atoms with van der Waals surface area (Å²) in [6.45, 7) is 7.23. The third-order valence-corrected chi connectivity index (χ3v) is 4.49. The van der Waals surface area contributed by atoms with E-state index in [4.69, 9.17) is 4.74 Å². The van der Waals surface area contributed by atoms with Gasteiger partial charge in [0, 0.05) is 26.6 Å². The number of likely N-dealkylation sites (tertiary alicyclic amines) is 1. The Morgan fingerprint density at radius 3 is 2.83 bits per heavy atom. The van der Waals surface area contributed by atoms with Gasteiger partial charge < -0.3 is 20.1 Å². The number of β-amino-alcohol motifs (C(OH)–C–C–N with tert-alkyl or cyclic N) is 1. The molecule has 1 saturated heterocycles. The molecule has 1 amide bonds. The number of amides is 1. The van der Waals surface area contributed by atoms with E-state index in [0.29, 0.717) is 19.1 Å². The van der Waals surface area contributed by atoms with Gasteiger partial charge in [0.05, 0.1) is 0 Å². The van der Waals surface area contributed by atoms with Crippen molar-refractivity contribution in [2.24, 2.45) is 5.92 Å². The van der Waals surface area contributed by atoms with Crippen molar-refractivity contribution in [2.75, 3.05) is 32.8 Å². The van der Waals surface area contributed by atoms with Crippen LogP contribution in [-0.4, -0.2) is 54.8 Å². The molecule has 2 atom stereocenters. The zero-order valence-electron chi connectivity index (χ0n) is 14.8. The molecule has 2 unspecified atom stereocenters. The lowest BCUT2D eigenvalue weighted by molar-refractivity contribution is -0.119. The van der Waals surface area contributed by atoms with E-state index >= 15 is 0 Å². The maximum Gasteiger partial charge on any atom is 0.216 e. The number of benzene rings is 1. The second-order valence-corrected chi connectivity index (χ2v) is 6.67. The molecule has 1 heterocycles. The summed E-state index contributed by atoms with van der Waals surface area (Å²) in [4.78, 5) is 13.3. The third-order valence-electron chi connectivity index (χ3n) is 4.49. The van der Waals surface area contributed by atoms with Crippen LogP contribution in [0.15, 0.2) is 24.3 Å². The molecule has 2 N–H and O–H groups in total. The number of ether oxygens (including phenoxy) is 1. The largest absolute Gasteiger partial charge is 0.491 e. The Morgan fingerprint density at radius 1 is 1.42 bits per heavy atom. The van der Waals surface area contributed by atoms with Gasteiger partial charge >= 0.3 is 0 Å². The number of aliphatic hydroxyl groups is 1. The molecule has 1 aliphatic heterocycles. The van der Waals surface area contributed by atoms with Crippen LogP contribution in [0.1, 0.15) is 32.3 Å². The molecular weight excluding hydrogens is 304 g/mol. The molecule has 1 fully saturated rings. The molecule has 1 aliphatic rings. The van der Waals surface area contributed by atoms with Crippen LogP contribution >= 0.6 is 0 Å². The van der Waals surface area contributed by atoms with Gasteiger partial charge in [0.25, 0.3) is 0 Å². The summed E-state index contributed by atoms with van der Waals surface area (Å²) in [5, 5.41) is 13.1.